The minimum absolute atomic E-state index is 0.105. The fraction of sp³-hybridized carbons (Fsp3) is 0.513. The standard InChI is InChI=1S/C39H46ClN3O7/c1-38(2,3)50-32(44)19-27-10-7-5-4-6-8-13-29-20-39(29,37(48)49)41-34(45)33-31-23-42(21-28(31)22-43(33)36(27)47)35(46)26-12-9-11-25(18-26)24-14-16-30(40)17-15-24/h8-9,11-18,27-29,31,33H,4-7,10,19-23H2,1-3H3,(H,41,45)(H,48,49)/b13-8-/t27-,28-,29+,31-,33-,39+/m0/s1. The minimum Gasteiger partial charge on any atom is -0.479 e. The van der Waals surface area contributed by atoms with Gasteiger partial charge >= 0.3 is 11.9 Å². The Labute approximate surface area is 298 Å². The summed E-state index contributed by atoms with van der Waals surface area (Å²) in [5.74, 6) is -4.22. The predicted molar refractivity (Wildman–Crippen MR) is 188 cm³/mol. The molecule has 0 radical (unpaired) electrons. The molecule has 0 unspecified atom stereocenters. The lowest BCUT2D eigenvalue weighted by atomic mass is 9.92. The fourth-order valence-electron chi connectivity index (χ4n) is 7.91. The third kappa shape index (κ3) is 7.60. The van der Waals surface area contributed by atoms with E-state index in [-0.39, 0.29) is 49.6 Å². The molecular weight excluding hydrogens is 658 g/mol. The van der Waals surface area contributed by atoms with E-state index >= 15 is 0 Å². The van der Waals surface area contributed by atoms with Gasteiger partial charge in [-0.3, -0.25) is 19.2 Å². The third-order valence-electron chi connectivity index (χ3n) is 10.5. The van der Waals surface area contributed by atoms with Gasteiger partial charge in [-0.15, -0.1) is 0 Å². The minimum atomic E-state index is -1.44. The number of hydrogen-bond acceptors (Lipinski definition) is 6. The van der Waals surface area contributed by atoms with E-state index < -0.39 is 46.9 Å². The molecule has 0 spiro atoms. The van der Waals surface area contributed by atoms with Gasteiger partial charge in [0.15, 0.2) is 0 Å². The Hall–Kier alpha value is -4.18. The summed E-state index contributed by atoms with van der Waals surface area (Å²) in [6.07, 6.45) is 7.70. The number of rotatable bonds is 5. The largest absolute Gasteiger partial charge is 0.479 e. The maximum absolute atomic E-state index is 14.4. The lowest BCUT2D eigenvalue weighted by Gasteiger charge is -2.32. The lowest BCUT2D eigenvalue weighted by Crippen LogP contribution is -2.56. The van der Waals surface area contributed by atoms with Gasteiger partial charge in [-0.25, -0.2) is 4.79 Å². The number of hydrogen-bond donors (Lipinski definition) is 2. The molecule has 1 saturated carbocycles. The first kappa shape index (κ1) is 35.6. The van der Waals surface area contributed by atoms with Crippen LogP contribution in [0.25, 0.3) is 11.1 Å². The molecule has 2 saturated heterocycles. The quantitative estimate of drug-likeness (QED) is 0.300. The predicted octanol–water partition coefficient (Wildman–Crippen LogP) is 5.73. The van der Waals surface area contributed by atoms with Gasteiger partial charge in [-0.05, 0) is 81.8 Å². The Morgan fingerprint density at radius 2 is 1.76 bits per heavy atom. The smallest absolute Gasteiger partial charge is 0.330 e. The summed E-state index contributed by atoms with van der Waals surface area (Å²) in [5, 5.41) is 13.7. The van der Waals surface area contributed by atoms with Crippen LogP contribution in [0.5, 0.6) is 0 Å². The Bertz CT molecular complexity index is 1680. The summed E-state index contributed by atoms with van der Waals surface area (Å²) in [6, 6.07) is 13.8. The van der Waals surface area contributed by atoms with Gasteiger partial charge in [0.1, 0.15) is 17.2 Å². The molecule has 50 heavy (non-hydrogen) atoms. The number of carboxylic acids is 1. The highest BCUT2D eigenvalue weighted by molar-refractivity contribution is 6.30. The van der Waals surface area contributed by atoms with Crippen molar-refractivity contribution in [1.82, 2.24) is 15.1 Å². The van der Waals surface area contributed by atoms with E-state index in [9.17, 15) is 29.1 Å². The van der Waals surface area contributed by atoms with Crippen molar-refractivity contribution < 1.29 is 33.8 Å². The zero-order valence-electron chi connectivity index (χ0n) is 28.9. The van der Waals surface area contributed by atoms with Crippen LogP contribution in [0.3, 0.4) is 0 Å². The molecule has 0 bridgehead atoms. The van der Waals surface area contributed by atoms with Crippen LogP contribution < -0.4 is 5.32 Å². The summed E-state index contributed by atoms with van der Waals surface area (Å²) in [5.41, 5.74) is 0.146. The molecule has 3 fully saturated rings. The Morgan fingerprint density at radius 3 is 2.48 bits per heavy atom. The molecule has 3 aliphatic heterocycles. The second-order valence-electron chi connectivity index (χ2n) is 15.3. The van der Waals surface area contributed by atoms with E-state index in [1.165, 1.54) is 0 Å². The highest BCUT2D eigenvalue weighted by Gasteiger charge is 2.62. The number of carbonyl (C=O) groups excluding carboxylic acids is 4. The van der Waals surface area contributed by atoms with Gasteiger partial charge < -0.3 is 25.0 Å². The molecule has 1 aliphatic carbocycles. The van der Waals surface area contributed by atoms with Gasteiger partial charge in [-0.2, -0.15) is 0 Å². The Morgan fingerprint density at radius 1 is 1.00 bits per heavy atom. The van der Waals surface area contributed by atoms with Gasteiger partial charge in [0, 0.05) is 53.9 Å². The summed E-state index contributed by atoms with van der Waals surface area (Å²) in [6.45, 7) is 6.14. The van der Waals surface area contributed by atoms with Crippen molar-refractivity contribution in [1.29, 1.82) is 0 Å². The van der Waals surface area contributed by atoms with E-state index in [1.807, 2.05) is 42.5 Å². The van der Waals surface area contributed by atoms with Crippen molar-refractivity contribution in [2.45, 2.75) is 82.9 Å². The van der Waals surface area contributed by atoms with Gasteiger partial charge in [0.25, 0.3) is 5.91 Å². The van der Waals surface area contributed by atoms with Crippen molar-refractivity contribution >= 4 is 41.3 Å². The number of aliphatic carboxylic acids is 1. The van der Waals surface area contributed by atoms with Crippen LogP contribution in [0.15, 0.2) is 60.7 Å². The first-order chi connectivity index (χ1) is 23.8. The van der Waals surface area contributed by atoms with Gasteiger partial charge in [0.2, 0.25) is 11.8 Å². The maximum Gasteiger partial charge on any atom is 0.330 e. The topological polar surface area (TPSA) is 133 Å². The zero-order chi connectivity index (χ0) is 35.8. The molecule has 6 rings (SSSR count). The van der Waals surface area contributed by atoms with Crippen LogP contribution in [0, 0.1) is 23.7 Å². The van der Waals surface area contributed by atoms with Crippen LogP contribution in [0.2, 0.25) is 5.02 Å². The number of esters is 1. The molecule has 10 nitrogen and oxygen atoms in total. The number of nitrogens with one attached hydrogen (secondary N) is 1. The molecule has 266 valence electrons. The molecule has 11 heteroatoms. The first-order valence-electron chi connectivity index (χ1n) is 17.7. The van der Waals surface area contributed by atoms with Crippen molar-refractivity contribution in [3.05, 3.63) is 71.3 Å². The monoisotopic (exact) mass is 703 g/mol. The van der Waals surface area contributed by atoms with E-state index in [0.717, 1.165) is 36.8 Å². The number of carbonyl (C=O) groups is 5. The molecule has 4 aliphatic rings. The summed E-state index contributed by atoms with van der Waals surface area (Å²) < 4.78 is 5.59. The SMILES string of the molecule is CC(C)(C)OC(=O)C[C@@H]1CCCCC/C=C\[C@@H]2C[C@@]2(C(=O)O)NC(=O)[C@@H]2[C@H]3CN(C(=O)c4cccc(-c5ccc(Cl)cc5)c4)C[C@H]3CN2C1=O. The summed E-state index contributed by atoms with van der Waals surface area (Å²) >= 11 is 6.07. The zero-order valence-corrected chi connectivity index (χ0v) is 29.7. The van der Waals surface area contributed by atoms with Crippen LogP contribution in [0.1, 0.15) is 76.1 Å². The van der Waals surface area contributed by atoms with E-state index in [2.05, 4.69) is 5.32 Å². The maximum atomic E-state index is 14.4. The Kier molecular flexibility index (Phi) is 10.1. The van der Waals surface area contributed by atoms with Crippen molar-refractivity contribution in [2.24, 2.45) is 23.7 Å². The van der Waals surface area contributed by atoms with E-state index in [1.54, 1.807) is 48.8 Å². The fourth-order valence-corrected chi connectivity index (χ4v) is 8.04. The van der Waals surface area contributed by atoms with Crippen molar-refractivity contribution in [2.75, 3.05) is 19.6 Å². The number of halogens is 1. The molecule has 2 N–H and O–H groups in total. The van der Waals surface area contributed by atoms with Gasteiger partial charge in [0.05, 0.1) is 6.42 Å². The number of likely N-dealkylation sites (tertiary alicyclic amines) is 1. The van der Waals surface area contributed by atoms with E-state index in [0.29, 0.717) is 23.6 Å². The normalized spacial score (nSPS) is 29.1. The van der Waals surface area contributed by atoms with Crippen LogP contribution >= 0.6 is 11.6 Å². The summed E-state index contributed by atoms with van der Waals surface area (Å²) in [7, 11) is 0. The molecule has 2 aromatic rings. The Balaban J connectivity index is 1.27. The van der Waals surface area contributed by atoms with E-state index in [4.69, 9.17) is 16.3 Å². The van der Waals surface area contributed by atoms with Crippen LogP contribution in [-0.4, -0.2) is 81.4 Å². The highest BCUT2D eigenvalue weighted by Crippen LogP contribution is 2.46. The lowest BCUT2D eigenvalue weighted by molar-refractivity contribution is -0.159. The molecule has 0 aromatic heterocycles. The molecular formula is C39H46ClN3O7. The number of carboxylic acid groups (broad SMARTS) is 1. The number of allylic oxidation sites excluding steroid dienone is 1. The number of fused-ring (bicyclic) bond motifs is 4. The number of benzene rings is 2. The van der Waals surface area contributed by atoms with Crippen LogP contribution in [0.4, 0.5) is 0 Å². The van der Waals surface area contributed by atoms with Gasteiger partial charge in [-0.1, -0.05) is 60.9 Å². The third-order valence-corrected chi connectivity index (χ3v) is 10.8. The molecule has 3 heterocycles. The van der Waals surface area contributed by atoms with Crippen molar-refractivity contribution in [3.8, 4) is 11.1 Å². The van der Waals surface area contributed by atoms with Crippen molar-refractivity contribution in [3.63, 3.8) is 0 Å². The number of ether oxygens (including phenoxy) is 1. The summed E-state index contributed by atoms with van der Waals surface area (Å²) in [4.78, 5) is 71.4. The average molecular weight is 704 g/mol. The molecule has 6 atom stereocenters. The number of amides is 3. The second kappa shape index (κ2) is 14.2. The molecule has 2 aromatic carbocycles. The number of nitrogens with zero attached hydrogens (tertiary/aromatic N) is 2. The first-order valence-corrected chi connectivity index (χ1v) is 18.0. The molecule has 3 amide bonds. The average Bonchev–Trinajstić information content (AvgIpc) is 3.41. The van der Waals surface area contributed by atoms with Crippen LogP contribution in [-0.2, 0) is 23.9 Å². The highest BCUT2D eigenvalue weighted by atomic mass is 35.5. The second-order valence-corrected chi connectivity index (χ2v) is 15.7.